The van der Waals surface area contributed by atoms with Gasteiger partial charge in [-0.1, -0.05) is 23.9 Å². The van der Waals surface area contributed by atoms with Crippen LogP contribution in [0.15, 0.2) is 83.1 Å². The van der Waals surface area contributed by atoms with Crippen molar-refractivity contribution in [1.29, 1.82) is 0 Å². The molecule has 12 heteroatoms. The van der Waals surface area contributed by atoms with Crippen molar-refractivity contribution in [2.45, 2.75) is 5.16 Å². The molecule has 0 fully saturated rings. The molecule has 1 heterocycles. The number of para-hydroxylation sites is 1. The number of nitro groups is 1. The quantitative estimate of drug-likeness (QED) is 0.144. The second-order valence-electron chi connectivity index (χ2n) is 7.47. The third-order valence-electron chi connectivity index (χ3n) is 5.17. The van der Waals surface area contributed by atoms with Crippen LogP contribution in [0, 0.1) is 10.1 Å². The van der Waals surface area contributed by atoms with Crippen molar-refractivity contribution in [2.75, 3.05) is 20.0 Å². The van der Waals surface area contributed by atoms with Gasteiger partial charge >= 0.3 is 0 Å². The van der Waals surface area contributed by atoms with Crippen molar-refractivity contribution in [2.24, 2.45) is 5.10 Å². The van der Waals surface area contributed by atoms with Gasteiger partial charge in [0.1, 0.15) is 11.5 Å². The molecule has 188 valence electrons. The monoisotopic (exact) mass is 518 g/mol. The Kier molecular flexibility index (Phi) is 8.11. The minimum Gasteiger partial charge on any atom is -0.497 e. The minimum absolute atomic E-state index is 0.00881. The van der Waals surface area contributed by atoms with Crippen LogP contribution in [0.2, 0.25) is 0 Å². The Hall–Kier alpha value is -4.71. The summed E-state index contributed by atoms with van der Waals surface area (Å²) in [4.78, 5) is 23.1. The van der Waals surface area contributed by atoms with E-state index in [-0.39, 0.29) is 17.0 Å². The number of hydrazone groups is 1. The molecule has 0 aliphatic heterocycles. The van der Waals surface area contributed by atoms with Crippen LogP contribution < -0.4 is 14.9 Å². The number of methoxy groups -OCH3 is 2. The highest BCUT2D eigenvalue weighted by atomic mass is 32.2. The van der Waals surface area contributed by atoms with E-state index in [1.807, 2.05) is 53.1 Å². The summed E-state index contributed by atoms with van der Waals surface area (Å²) in [5.74, 6) is 1.59. The molecule has 4 aromatic rings. The molecule has 0 spiro atoms. The van der Waals surface area contributed by atoms with Crippen LogP contribution in [0.3, 0.4) is 0 Å². The Bertz CT molecular complexity index is 1420. The first-order valence-corrected chi connectivity index (χ1v) is 11.9. The van der Waals surface area contributed by atoms with Crippen LogP contribution in [0.1, 0.15) is 5.56 Å². The zero-order valence-corrected chi connectivity index (χ0v) is 20.7. The number of thioether (sulfide) groups is 1. The number of nitro benzene ring substituents is 1. The molecule has 0 saturated carbocycles. The second kappa shape index (κ2) is 11.8. The van der Waals surface area contributed by atoms with Gasteiger partial charge in [0.2, 0.25) is 0 Å². The van der Waals surface area contributed by atoms with Crippen molar-refractivity contribution in [3.8, 4) is 28.6 Å². The molecule has 4 rings (SSSR count). The predicted octanol–water partition coefficient (Wildman–Crippen LogP) is 4.10. The number of hydrogen-bond acceptors (Lipinski definition) is 9. The van der Waals surface area contributed by atoms with E-state index in [0.717, 1.165) is 11.3 Å². The number of carbonyl (C=O) groups is 1. The van der Waals surface area contributed by atoms with Gasteiger partial charge in [-0.2, -0.15) is 5.10 Å². The topological polar surface area (TPSA) is 134 Å². The lowest BCUT2D eigenvalue weighted by atomic mass is 10.2. The fourth-order valence-corrected chi connectivity index (χ4v) is 4.10. The van der Waals surface area contributed by atoms with Gasteiger partial charge in [-0.25, -0.2) is 5.43 Å². The van der Waals surface area contributed by atoms with Crippen molar-refractivity contribution < 1.29 is 19.2 Å². The van der Waals surface area contributed by atoms with Crippen molar-refractivity contribution in [3.63, 3.8) is 0 Å². The Morgan fingerprint density at radius 1 is 1.03 bits per heavy atom. The maximum Gasteiger partial charge on any atom is 0.278 e. The van der Waals surface area contributed by atoms with Crippen LogP contribution in [0.4, 0.5) is 5.69 Å². The third-order valence-corrected chi connectivity index (χ3v) is 6.10. The first-order chi connectivity index (χ1) is 18.0. The van der Waals surface area contributed by atoms with Crippen LogP contribution >= 0.6 is 11.8 Å². The normalized spacial score (nSPS) is 10.9. The molecular weight excluding hydrogens is 496 g/mol. The SMILES string of the molecule is COc1ccc(-c2nnc(SCC(=O)N/N=C/c3ccccc3[N+](=O)[O-])n2-c2ccc(OC)cc2)cc1. The van der Waals surface area contributed by atoms with Crippen molar-refractivity contribution in [3.05, 3.63) is 88.5 Å². The second-order valence-corrected chi connectivity index (χ2v) is 8.41. The number of rotatable bonds is 10. The first kappa shape index (κ1) is 25.4. The summed E-state index contributed by atoms with van der Waals surface area (Å²) in [6.07, 6.45) is 1.24. The maximum absolute atomic E-state index is 12.4. The number of hydrogen-bond donors (Lipinski definition) is 1. The van der Waals surface area contributed by atoms with Gasteiger partial charge in [-0.15, -0.1) is 10.2 Å². The number of carbonyl (C=O) groups excluding carboxylic acids is 1. The number of ether oxygens (including phenoxy) is 2. The van der Waals surface area contributed by atoms with Gasteiger partial charge in [0.15, 0.2) is 11.0 Å². The van der Waals surface area contributed by atoms with Crippen LogP contribution in [0.25, 0.3) is 17.1 Å². The average molecular weight is 519 g/mol. The number of aromatic nitrogens is 3. The third kappa shape index (κ3) is 6.11. The highest BCUT2D eigenvalue weighted by Crippen LogP contribution is 2.29. The molecule has 1 aromatic heterocycles. The molecule has 0 unspecified atom stereocenters. The molecule has 0 saturated heterocycles. The molecule has 0 aliphatic carbocycles. The zero-order chi connectivity index (χ0) is 26.2. The van der Waals surface area contributed by atoms with Crippen LogP contribution in [-0.4, -0.2) is 51.8 Å². The highest BCUT2D eigenvalue weighted by molar-refractivity contribution is 7.99. The van der Waals surface area contributed by atoms with E-state index in [9.17, 15) is 14.9 Å². The molecule has 0 radical (unpaired) electrons. The predicted molar refractivity (Wildman–Crippen MR) is 139 cm³/mol. The fourth-order valence-electron chi connectivity index (χ4n) is 3.35. The van der Waals surface area contributed by atoms with Crippen molar-refractivity contribution in [1.82, 2.24) is 20.2 Å². The van der Waals surface area contributed by atoms with E-state index in [4.69, 9.17) is 9.47 Å². The zero-order valence-electron chi connectivity index (χ0n) is 19.9. The summed E-state index contributed by atoms with van der Waals surface area (Å²) >= 11 is 1.18. The number of nitrogens with one attached hydrogen (secondary N) is 1. The van der Waals surface area contributed by atoms with E-state index in [0.29, 0.717) is 22.5 Å². The Labute approximate surface area is 216 Å². The van der Waals surface area contributed by atoms with Gasteiger partial charge in [-0.05, 0) is 54.6 Å². The van der Waals surface area contributed by atoms with Gasteiger partial charge < -0.3 is 9.47 Å². The van der Waals surface area contributed by atoms with Gasteiger partial charge in [0, 0.05) is 17.3 Å². The summed E-state index contributed by atoms with van der Waals surface area (Å²) < 4.78 is 12.4. The number of benzene rings is 3. The molecule has 3 aromatic carbocycles. The van der Waals surface area contributed by atoms with Crippen molar-refractivity contribution >= 4 is 29.6 Å². The summed E-state index contributed by atoms with van der Waals surface area (Å²) in [5.41, 5.74) is 4.17. The lowest BCUT2D eigenvalue weighted by molar-refractivity contribution is -0.385. The molecular formula is C25H22N6O5S. The van der Waals surface area contributed by atoms with Gasteiger partial charge in [0.05, 0.1) is 36.7 Å². The lowest BCUT2D eigenvalue weighted by Crippen LogP contribution is -2.20. The molecule has 0 aliphatic rings. The highest BCUT2D eigenvalue weighted by Gasteiger charge is 2.18. The fraction of sp³-hybridized carbons (Fsp3) is 0.120. The molecule has 0 atom stereocenters. The summed E-state index contributed by atoms with van der Waals surface area (Å²) in [7, 11) is 3.19. The van der Waals surface area contributed by atoms with E-state index in [2.05, 4.69) is 20.7 Å². The summed E-state index contributed by atoms with van der Waals surface area (Å²) in [5, 5.41) is 24.1. The molecule has 0 bridgehead atoms. The maximum atomic E-state index is 12.4. The molecule has 11 nitrogen and oxygen atoms in total. The minimum atomic E-state index is -0.509. The smallest absolute Gasteiger partial charge is 0.278 e. The Balaban J connectivity index is 1.53. The van der Waals surface area contributed by atoms with E-state index in [1.165, 1.54) is 24.0 Å². The number of amides is 1. The molecule has 37 heavy (non-hydrogen) atoms. The lowest BCUT2D eigenvalue weighted by Gasteiger charge is -2.11. The molecule has 1 N–H and O–H groups in total. The van der Waals surface area contributed by atoms with E-state index >= 15 is 0 Å². The van der Waals surface area contributed by atoms with Crippen LogP contribution in [-0.2, 0) is 4.79 Å². The average Bonchev–Trinajstić information content (AvgIpc) is 3.36. The molecule has 1 amide bonds. The largest absolute Gasteiger partial charge is 0.497 e. The Morgan fingerprint density at radius 3 is 2.32 bits per heavy atom. The van der Waals surface area contributed by atoms with Gasteiger partial charge in [0.25, 0.3) is 11.6 Å². The first-order valence-electron chi connectivity index (χ1n) is 10.9. The van der Waals surface area contributed by atoms with Gasteiger partial charge in [-0.3, -0.25) is 19.5 Å². The standard InChI is InChI=1S/C25H22N6O5S/c1-35-20-11-7-17(8-12-20)24-28-29-25(30(24)19-9-13-21(36-2)14-10-19)37-16-23(32)27-26-15-18-5-3-4-6-22(18)31(33)34/h3-15H,16H2,1-2H3,(H,27,32)/b26-15+. The van der Waals surface area contributed by atoms with E-state index < -0.39 is 10.8 Å². The van der Waals surface area contributed by atoms with E-state index in [1.54, 1.807) is 32.4 Å². The number of nitrogens with zero attached hydrogens (tertiary/aromatic N) is 5. The summed E-state index contributed by atoms with van der Waals surface area (Å²) in [6, 6.07) is 20.9. The Morgan fingerprint density at radius 2 is 1.68 bits per heavy atom. The summed E-state index contributed by atoms with van der Waals surface area (Å²) in [6.45, 7) is 0. The van der Waals surface area contributed by atoms with Crippen LogP contribution in [0.5, 0.6) is 11.5 Å².